The van der Waals surface area contributed by atoms with E-state index in [1.54, 1.807) is 0 Å². The number of rotatable bonds is 3. The maximum Gasteiger partial charge on any atom is 0.0255 e. The van der Waals surface area contributed by atoms with E-state index in [1.165, 1.54) is 25.7 Å². The summed E-state index contributed by atoms with van der Waals surface area (Å²) in [6.45, 7) is 7.84. The van der Waals surface area contributed by atoms with E-state index in [2.05, 4.69) is 38.1 Å². The molecule has 1 N–H and O–H groups in total. The highest BCUT2D eigenvalue weighted by Crippen LogP contribution is 2.29. The molecule has 0 amide bonds. The van der Waals surface area contributed by atoms with Gasteiger partial charge in [0.1, 0.15) is 0 Å². The van der Waals surface area contributed by atoms with Gasteiger partial charge in [0.2, 0.25) is 0 Å². The molecule has 0 spiro atoms. The summed E-state index contributed by atoms with van der Waals surface area (Å²) < 4.78 is 0. The zero-order chi connectivity index (χ0) is 10.4. The summed E-state index contributed by atoms with van der Waals surface area (Å²) in [5.41, 5.74) is 0. The maximum absolute atomic E-state index is 3.33. The smallest absolute Gasteiger partial charge is 0.0255 e. The molecule has 0 saturated heterocycles. The van der Waals surface area contributed by atoms with Crippen molar-refractivity contribution in [2.24, 2.45) is 17.8 Å². The number of nitrogens with one attached hydrogen (secondary N) is 1. The third-order valence-corrected chi connectivity index (χ3v) is 3.21. The van der Waals surface area contributed by atoms with Crippen molar-refractivity contribution in [3.63, 3.8) is 0 Å². The lowest BCUT2D eigenvalue weighted by Crippen LogP contribution is -2.15. The Morgan fingerprint density at radius 1 is 1.43 bits per heavy atom. The molecule has 1 rings (SSSR count). The average Bonchev–Trinajstić information content (AvgIpc) is 2.58. The molecule has 0 heterocycles. The molecule has 0 aromatic carbocycles. The summed E-state index contributed by atoms with van der Waals surface area (Å²) in [6.07, 6.45) is 5.21. The van der Waals surface area contributed by atoms with Crippen molar-refractivity contribution in [1.29, 1.82) is 0 Å². The van der Waals surface area contributed by atoms with Gasteiger partial charge in [0.15, 0.2) is 0 Å². The molecule has 0 aromatic rings. The first-order valence-corrected chi connectivity index (χ1v) is 5.95. The Hall–Kier alpha value is -0.640. The lowest BCUT2D eigenvalue weighted by atomic mass is 10.1. The fourth-order valence-electron chi connectivity index (χ4n) is 1.86. The Kier molecular flexibility index (Phi) is 4.87. The van der Waals surface area contributed by atoms with Crippen molar-refractivity contribution in [2.75, 3.05) is 6.54 Å². The minimum absolute atomic E-state index is 0.662. The van der Waals surface area contributed by atoms with Crippen molar-refractivity contribution < 1.29 is 0 Å². The molecular weight excluding hydrogens is 170 g/mol. The first kappa shape index (κ1) is 11.4. The zero-order valence-corrected chi connectivity index (χ0v) is 9.77. The van der Waals surface area contributed by atoms with Crippen molar-refractivity contribution >= 4 is 0 Å². The second kappa shape index (κ2) is 5.96. The van der Waals surface area contributed by atoms with Crippen LogP contribution in [0.2, 0.25) is 0 Å². The fraction of sp³-hybridized carbons (Fsp3) is 0.846. The molecule has 1 aliphatic rings. The minimum Gasteiger partial charge on any atom is -0.346 e. The van der Waals surface area contributed by atoms with E-state index in [0.717, 1.165) is 18.4 Å². The molecule has 0 aromatic heterocycles. The van der Waals surface area contributed by atoms with Crippen LogP contribution in [0.3, 0.4) is 0 Å². The number of hydrogen-bond acceptors (Lipinski definition) is 1. The Bertz CT molecular complexity index is 211. The maximum atomic E-state index is 3.33. The molecule has 0 aliphatic heterocycles. The lowest BCUT2D eigenvalue weighted by Gasteiger charge is -2.05. The Labute approximate surface area is 88.7 Å². The van der Waals surface area contributed by atoms with Crippen LogP contribution in [0.5, 0.6) is 0 Å². The Morgan fingerprint density at radius 3 is 2.79 bits per heavy atom. The molecule has 1 nitrogen and oxygen atoms in total. The van der Waals surface area contributed by atoms with Gasteiger partial charge in [0.05, 0.1) is 0 Å². The van der Waals surface area contributed by atoms with Crippen molar-refractivity contribution in [1.82, 2.24) is 5.32 Å². The highest BCUT2D eigenvalue weighted by molar-refractivity contribution is 5.04. The Balaban J connectivity index is 2.14. The van der Waals surface area contributed by atoms with E-state index >= 15 is 0 Å². The molecule has 1 heteroatoms. The van der Waals surface area contributed by atoms with E-state index in [0.29, 0.717) is 5.92 Å². The van der Waals surface area contributed by atoms with Gasteiger partial charge < -0.3 is 5.32 Å². The van der Waals surface area contributed by atoms with Gasteiger partial charge in [-0.25, -0.2) is 0 Å². The van der Waals surface area contributed by atoms with Crippen LogP contribution in [0, 0.1) is 29.7 Å². The van der Waals surface area contributed by atoms with Crippen molar-refractivity contribution in [3.05, 3.63) is 0 Å². The third kappa shape index (κ3) is 4.05. The van der Waals surface area contributed by atoms with E-state index < -0.39 is 0 Å². The molecule has 1 fully saturated rings. The first-order valence-electron chi connectivity index (χ1n) is 5.95. The average molecular weight is 193 g/mol. The van der Waals surface area contributed by atoms with Crippen LogP contribution in [-0.2, 0) is 0 Å². The monoisotopic (exact) mass is 193 g/mol. The first-order chi connectivity index (χ1) is 6.72. The Morgan fingerprint density at radius 2 is 2.21 bits per heavy atom. The van der Waals surface area contributed by atoms with Crippen LogP contribution < -0.4 is 5.32 Å². The van der Waals surface area contributed by atoms with E-state index in [-0.39, 0.29) is 0 Å². The summed E-state index contributed by atoms with van der Waals surface area (Å²) in [7, 11) is 0. The predicted molar refractivity (Wildman–Crippen MR) is 61.7 cm³/mol. The van der Waals surface area contributed by atoms with Crippen LogP contribution in [0.1, 0.15) is 46.5 Å². The van der Waals surface area contributed by atoms with Crippen LogP contribution >= 0.6 is 0 Å². The van der Waals surface area contributed by atoms with Gasteiger partial charge in [-0.05, 0) is 31.1 Å². The van der Waals surface area contributed by atoms with Gasteiger partial charge in [-0.2, -0.15) is 0 Å². The van der Waals surface area contributed by atoms with Gasteiger partial charge in [-0.15, -0.1) is 0 Å². The standard InChI is InChI=1S/C13H23N/c1-4-11(2)10-14-8-7-13-6-5-12(3)9-13/h11-14H,4-6,9-10H2,1-3H3. The van der Waals surface area contributed by atoms with Gasteiger partial charge in [0.25, 0.3) is 0 Å². The quantitative estimate of drug-likeness (QED) is 0.536. The van der Waals surface area contributed by atoms with E-state index in [9.17, 15) is 0 Å². The minimum atomic E-state index is 0.662. The molecule has 0 radical (unpaired) electrons. The van der Waals surface area contributed by atoms with Crippen LogP contribution in [-0.4, -0.2) is 6.54 Å². The molecular formula is C13H23N. The molecule has 1 aliphatic carbocycles. The van der Waals surface area contributed by atoms with Crippen molar-refractivity contribution in [2.45, 2.75) is 46.5 Å². The summed E-state index contributed by atoms with van der Waals surface area (Å²) in [4.78, 5) is 0. The normalized spacial score (nSPS) is 27.9. The van der Waals surface area contributed by atoms with E-state index in [4.69, 9.17) is 0 Å². The largest absolute Gasteiger partial charge is 0.346 e. The second-order valence-electron chi connectivity index (χ2n) is 4.78. The summed E-state index contributed by atoms with van der Waals surface area (Å²) >= 11 is 0. The summed E-state index contributed by atoms with van der Waals surface area (Å²) in [6, 6.07) is 3.11. The van der Waals surface area contributed by atoms with Gasteiger partial charge in [-0.3, -0.25) is 0 Å². The molecule has 3 atom stereocenters. The SMILES string of the molecule is CCC(C)CNC#CC1CCC(C)C1. The third-order valence-electron chi connectivity index (χ3n) is 3.21. The van der Waals surface area contributed by atoms with Gasteiger partial charge in [0, 0.05) is 18.5 Å². The highest BCUT2D eigenvalue weighted by atomic mass is 14.8. The van der Waals surface area contributed by atoms with Crippen LogP contribution in [0.25, 0.3) is 0 Å². The van der Waals surface area contributed by atoms with E-state index in [1.807, 2.05) is 0 Å². The fourth-order valence-corrected chi connectivity index (χ4v) is 1.86. The van der Waals surface area contributed by atoms with Crippen LogP contribution in [0.4, 0.5) is 0 Å². The molecule has 0 bridgehead atoms. The summed E-state index contributed by atoms with van der Waals surface area (Å²) in [5.74, 6) is 5.63. The molecule has 3 unspecified atom stereocenters. The molecule has 14 heavy (non-hydrogen) atoms. The molecule has 1 saturated carbocycles. The van der Waals surface area contributed by atoms with Gasteiger partial charge >= 0.3 is 0 Å². The summed E-state index contributed by atoms with van der Waals surface area (Å²) in [5, 5.41) is 3.22. The van der Waals surface area contributed by atoms with Crippen LogP contribution in [0.15, 0.2) is 0 Å². The number of hydrogen-bond donors (Lipinski definition) is 1. The zero-order valence-electron chi connectivity index (χ0n) is 9.77. The lowest BCUT2D eigenvalue weighted by molar-refractivity contribution is 0.544. The molecule has 80 valence electrons. The second-order valence-corrected chi connectivity index (χ2v) is 4.78. The van der Waals surface area contributed by atoms with Crippen molar-refractivity contribution in [3.8, 4) is 12.0 Å². The van der Waals surface area contributed by atoms with Gasteiger partial charge in [-0.1, -0.05) is 33.1 Å². The topological polar surface area (TPSA) is 12.0 Å². The highest BCUT2D eigenvalue weighted by Gasteiger charge is 2.18. The predicted octanol–water partition coefficient (Wildman–Crippen LogP) is 3.02.